The van der Waals surface area contributed by atoms with Crippen molar-refractivity contribution in [2.75, 3.05) is 25.5 Å². The average Bonchev–Trinajstić information content (AvgIpc) is 2.27. The lowest BCUT2D eigenvalue weighted by Crippen LogP contribution is -2.36. The Morgan fingerprint density at radius 1 is 1.20 bits per heavy atom. The third kappa shape index (κ3) is 2.66. The van der Waals surface area contributed by atoms with Crippen molar-refractivity contribution >= 4 is 23.2 Å². The molecule has 0 spiro atoms. The van der Waals surface area contributed by atoms with Gasteiger partial charge in [-0.1, -0.05) is 24.3 Å². The molecule has 0 N–H and O–H groups in total. The molecular weight excluding hydrogens is 231 g/mol. The van der Waals surface area contributed by atoms with Crippen molar-refractivity contribution < 1.29 is 4.74 Å². The van der Waals surface area contributed by atoms with Gasteiger partial charge in [-0.15, -0.1) is 23.2 Å². The summed E-state index contributed by atoms with van der Waals surface area (Å²) in [6, 6.07) is 8.16. The third-order valence-corrected chi connectivity index (χ3v) is 3.67. The second-order valence-electron chi connectivity index (χ2n) is 3.80. The summed E-state index contributed by atoms with van der Waals surface area (Å²) in [5, 5.41) is 0. The van der Waals surface area contributed by atoms with Crippen LogP contribution in [0.4, 0.5) is 0 Å². The van der Waals surface area contributed by atoms with E-state index in [1.165, 1.54) is 11.1 Å². The zero-order valence-corrected chi connectivity index (χ0v) is 10.6. The molecule has 0 radical (unpaired) electrons. The molecule has 1 aromatic rings. The lowest BCUT2D eigenvalue weighted by molar-refractivity contribution is 0.149. The van der Waals surface area contributed by atoms with E-state index in [1.54, 1.807) is 7.11 Å². The number of rotatable bonds is 5. The molecule has 0 aromatic heterocycles. The Labute approximate surface area is 101 Å². The van der Waals surface area contributed by atoms with Gasteiger partial charge >= 0.3 is 0 Å². The summed E-state index contributed by atoms with van der Waals surface area (Å²) < 4.78 is 5.23. The topological polar surface area (TPSA) is 9.23 Å². The fourth-order valence-corrected chi connectivity index (χ4v) is 2.51. The van der Waals surface area contributed by atoms with E-state index < -0.39 is 0 Å². The summed E-state index contributed by atoms with van der Waals surface area (Å²) >= 11 is 12.1. The fraction of sp³-hybridized carbons (Fsp3) is 0.500. The predicted octanol–water partition coefficient (Wildman–Crippen LogP) is 3.36. The molecule has 0 aliphatic rings. The number of aryl methyl sites for hydroxylation is 1. The molecule has 3 heteroatoms. The Kier molecular flexibility index (Phi) is 4.91. The highest BCUT2D eigenvalue weighted by molar-refractivity contribution is 6.22. The lowest BCUT2D eigenvalue weighted by Gasteiger charge is -2.30. The van der Waals surface area contributed by atoms with Gasteiger partial charge in [0.2, 0.25) is 0 Å². The van der Waals surface area contributed by atoms with Crippen molar-refractivity contribution in [2.24, 2.45) is 0 Å². The summed E-state index contributed by atoms with van der Waals surface area (Å²) in [5.41, 5.74) is 2.11. The highest BCUT2D eigenvalue weighted by Crippen LogP contribution is 2.30. The van der Waals surface area contributed by atoms with Crippen LogP contribution in [0.2, 0.25) is 0 Å². The van der Waals surface area contributed by atoms with Crippen LogP contribution in [0.15, 0.2) is 24.3 Å². The number of hydrogen-bond donors (Lipinski definition) is 0. The molecule has 0 saturated heterocycles. The van der Waals surface area contributed by atoms with E-state index >= 15 is 0 Å². The summed E-state index contributed by atoms with van der Waals surface area (Å²) in [6.45, 7) is 2.61. The highest BCUT2D eigenvalue weighted by atomic mass is 35.5. The van der Waals surface area contributed by atoms with Gasteiger partial charge in [-0.05, 0) is 18.1 Å². The highest BCUT2D eigenvalue weighted by Gasteiger charge is 2.31. The van der Waals surface area contributed by atoms with Crippen molar-refractivity contribution in [1.82, 2.24) is 0 Å². The van der Waals surface area contributed by atoms with E-state index in [2.05, 4.69) is 19.1 Å². The molecule has 0 atom stereocenters. The molecule has 1 nitrogen and oxygen atoms in total. The van der Waals surface area contributed by atoms with Crippen LogP contribution < -0.4 is 0 Å². The van der Waals surface area contributed by atoms with Crippen molar-refractivity contribution in [1.29, 1.82) is 0 Å². The lowest BCUT2D eigenvalue weighted by atomic mass is 9.82. The second kappa shape index (κ2) is 5.74. The van der Waals surface area contributed by atoms with Crippen LogP contribution in [-0.4, -0.2) is 25.5 Å². The van der Waals surface area contributed by atoms with Gasteiger partial charge in [0.15, 0.2) is 0 Å². The summed E-state index contributed by atoms with van der Waals surface area (Å²) in [5.74, 6) is 0.935. The maximum absolute atomic E-state index is 6.05. The first kappa shape index (κ1) is 12.8. The minimum Gasteiger partial charge on any atom is -0.384 e. The van der Waals surface area contributed by atoms with Crippen LogP contribution in [-0.2, 0) is 10.2 Å². The predicted molar refractivity (Wildman–Crippen MR) is 66.2 cm³/mol. The van der Waals surface area contributed by atoms with E-state index in [0.29, 0.717) is 18.4 Å². The quantitative estimate of drug-likeness (QED) is 0.725. The van der Waals surface area contributed by atoms with Crippen LogP contribution in [0, 0.1) is 6.92 Å². The number of benzene rings is 1. The van der Waals surface area contributed by atoms with Gasteiger partial charge in [0.25, 0.3) is 0 Å². The SMILES string of the molecule is COCC(CCl)(CCl)c1ccccc1C. The molecule has 0 aliphatic carbocycles. The molecule has 84 valence electrons. The first-order chi connectivity index (χ1) is 7.20. The van der Waals surface area contributed by atoms with E-state index in [-0.39, 0.29) is 5.41 Å². The molecule has 0 heterocycles. The molecule has 15 heavy (non-hydrogen) atoms. The van der Waals surface area contributed by atoms with E-state index in [4.69, 9.17) is 27.9 Å². The number of ether oxygens (including phenoxy) is 1. The van der Waals surface area contributed by atoms with Crippen LogP contribution in [0.3, 0.4) is 0 Å². The number of methoxy groups -OCH3 is 1. The average molecular weight is 247 g/mol. The normalized spacial score (nSPS) is 11.7. The molecule has 0 saturated carbocycles. The van der Waals surface area contributed by atoms with Gasteiger partial charge in [0.1, 0.15) is 0 Å². The number of alkyl halides is 2. The van der Waals surface area contributed by atoms with Crippen molar-refractivity contribution in [3.63, 3.8) is 0 Å². The molecule has 0 amide bonds. The standard InChI is InChI=1S/C12H16Cl2O/c1-10-5-3-4-6-11(10)12(7-13,8-14)9-15-2/h3-6H,7-9H2,1-2H3. The Morgan fingerprint density at radius 3 is 2.27 bits per heavy atom. The van der Waals surface area contributed by atoms with Gasteiger partial charge in [0, 0.05) is 24.3 Å². The van der Waals surface area contributed by atoms with Crippen molar-refractivity contribution in [3.05, 3.63) is 35.4 Å². The summed E-state index contributed by atoms with van der Waals surface area (Å²) in [7, 11) is 1.67. The van der Waals surface area contributed by atoms with Gasteiger partial charge in [0.05, 0.1) is 6.61 Å². The molecule has 0 bridgehead atoms. The van der Waals surface area contributed by atoms with E-state index in [0.717, 1.165) is 0 Å². The number of halogens is 2. The molecule has 0 unspecified atom stereocenters. The zero-order valence-electron chi connectivity index (χ0n) is 9.09. The van der Waals surface area contributed by atoms with Crippen LogP contribution in [0.25, 0.3) is 0 Å². The summed E-state index contributed by atoms with van der Waals surface area (Å²) in [6.07, 6.45) is 0. The minimum atomic E-state index is -0.275. The molecule has 1 aromatic carbocycles. The zero-order chi connectivity index (χ0) is 11.3. The Bertz CT molecular complexity index is 308. The van der Waals surface area contributed by atoms with Crippen LogP contribution in [0.5, 0.6) is 0 Å². The van der Waals surface area contributed by atoms with Crippen molar-refractivity contribution in [2.45, 2.75) is 12.3 Å². The van der Waals surface area contributed by atoms with Gasteiger partial charge in [-0.25, -0.2) is 0 Å². The van der Waals surface area contributed by atoms with Crippen LogP contribution >= 0.6 is 23.2 Å². The molecule has 0 aliphatic heterocycles. The van der Waals surface area contributed by atoms with Gasteiger partial charge < -0.3 is 4.74 Å². The first-order valence-electron chi connectivity index (χ1n) is 4.87. The first-order valence-corrected chi connectivity index (χ1v) is 5.94. The summed E-state index contributed by atoms with van der Waals surface area (Å²) in [4.78, 5) is 0. The van der Waals surface area contributed by atoms with E-state index in [9.17, 15) is 0 Å². The number of hydrogen-bond acceptors (Lipinski definition) is 1. The smallest absolute Gasteiger partial charge is 0.0582 e. The second-order valence-corrected chi connectivity index (χ2v) is 4.33. The van der Waals surface area contributed by atoms with Crippen LogP contribution in [0.1, 0.15) is 11.1 Å². The maximum atomic E-state index is 6.05. The fourth-order valence-electron chi connectivity index (χ4n) is 1.78. The largest absolute Gasteiger partial charge is 0.384 e. The maximum Gasteiger partial charge on any atom is 0.0582 e. The van der Waals surface area contributed by atoms with Gasteiger partial charge in [-0.3, -0.25) is 0 Å². The van der Waals surface area contributed by atoms with Gasteiger partial charge in [-0.2, -0.15) is 0 Å². The minimum absolute atomic E-state index is 0.275. The Hall–Kier alpha value is -0.240. The monoisotopic (exact) mass is 246 g/mol. The molecule has 1 rings (SSSR count). The third-order valence-electron chi connectivity index (χ3n) is 2.65. The Balaban J connectivity index is 3.13. The van der Waals surface area contributed by atoms with Crippen molar-refractivity contribution in [3.8, 4) is 0 Å². The van der Waals surface area contributed by atoms with E-state index in [1.807, 2.05) is 12.1 Å². The molecular formula is C12H16Cl2O. The molecule has 0 fully saturated rings. The Morgan fingerprint density at radius 2 is 1.80 bits per heavy atom.